The lowest BCUT2D eigenvalue weighted by molar-refractivity contribution is 0.122. The second-order valence-electron chi connectivity index (χ2n) is 6.86. The van der Waals surface area contributed by atoms with E-state index in [1.165, 1.54) is 0 Å². The van der Waals surface area contributed by atoms with Crippen molar-refractivity contribution in [1.82, 2.24) is 19.9 Å². The number of rotatable bonds is 3. The van der Waals surface area contributed by atoms with Crippen molar-refractivity contribution in [2.24, 2.45) is 0 Å². The normalized spacial score (nSPS) is 16.3. The Morgan fingerprint density at radius 1 is 1.00 bits per heavy atom. The molecule has 2 N–H and O–H groups in total. The maximum atomic E-state index is 5.78. The first kappa shape index (κ1) is 16.9. The Kier molecular flexibility index (Phi) is 4.25. The van der Waals surface area contributed by atoms with Gasteiger partial charge in [0.2, 0.25) is 5.95 Å². The van der Waals surface area contributed by atoms with Crippen LogP contribution in [0, 0.1) is 0 Å². The molecule has 8 heteroatoms. The molecule has 0 unspecified atom stereocenters. The van der Waals surface area contributed by atoms with Gasteiger partial charge in [-0.25, -0.2) is 9.97 Å². The molecule has 0 bridgehead atoms. The van der Waals surface area contributed by atoms with Crippen LogP contribution in [0.1, 0.15) is 5.56 Å². The zero-order chi connectivity index (χ0) is 18.9. The topological polar surface area (TPSA) is 93.3 Å². The van der Waals surface area contributed by atoms with Crippen LogP contribution < -0.4 is 15.5 Å². The molecule has 28 heavy (non-hydrogen) atoms. The molecule has 5 heterocycles. The highest BCUT2D eigenvalue weighted by atomic mass is 16.5. The number of nitrogens with two attached hydrogens (primary N) is 1. The minimum atomic E-state index is 0.500. The highest BCUT2D eigenvalue weighted by Gasteiger charge is 2.29. The van der Waals surface area contributed by atoms with Crippen molar-refractivity contribution in [1.29, 1.82) is 0 Å². The van der Waals surface area contributed by atoms with Gasteiger partial charge in [0.1, 0.15) is 11.6 Å². The molecule has 8 nitrogen and oxygen atoms in total. The van der Waals surface area contributed by atoms with Gasteiger partial charge in [0.15, 0.2) is 0 Å². The summed E-state index contributed by atoms with van der Waals surface area (Å²) in [4.78, 5) is 22.8. The van der Waals surface area contributed by atoms with Gasteiger partial charge in [0, 0.05) is 43.2 Å². The van der Waals surface area contributed by atoms with Gasteiger partial charge in [-0.05, 0) is 30.7 Å². The zero-order valence-corrected chi connectivity index (χ0v) is 15.5. The second-order valence-corrected chi connectivity index (χ2v) is 6.86. The standard InChI is InChI=1S/C20H21N7O/c21-17-4-3-14(12-23-17)18-16-5-7-27(15-2-1-6-22-13-15)19(16)25-20(24-18)26-8-10-28-11-9-26/h1-4,6,12-13H,5,7-11H2,(H2,21,23). The molecule has 0 aliphatic carbocycles. The Bertz CT molecular complexity index is 972. The van der Waals surface area contributed by atoms with E-state index in [0.717, 1.165) is 60.3 Å². The molecule has 0 atom stereocenters. The largest absolute Gasteiger partial charge is 0.384 e. The van der Waals surface area contributed by atoms with E-state index >= 15 is 0 Å². The van der Waals surface area contributed by atoms with Gasteiger partial charge in [-0.2, -0.15) is 4.98 Å². The van der Waals surface area contributed by atoms with Crippen molar-refractivity contribution in [3.63, 3.8) is 0 Å². The number of pyridine rings is 2. The van der Waals surface area contributed by atoms with Crippen LogP contribution in [0.3, 0.4) is 0 Å². The average molecular weight is 375 g/mol. The van der Waals surface area contributed by atoms with E-state index in [1.807, 2.05) is 24.4 Å². The van der Waals surface area contributed by atoms with Crippen molar-refractivity contribution in [2.45, 2.75) is 6.42 Å². The van der Waals surface area contributed by atoms with Gasteiger partial charge in [-0.15, -0.1) is 0 Å². The molecule has 3 aromatic rings. The van der Waals surface area contributed by atoms with Gasteiger partial charge >= 0.3 is 0 Å². The maximum absolute atomic E-state index is 5.78. The first-order valence-electron chi connectivity index (χ1n) is 9.43. The lowest BCUT2D eigenvalue weighted by Crippen LogP contribution is -2.37. The lowest BCUT2D eigenvalue weighted by Gasteiger charge is -2.28. The Balaban J connectivity index is 1.64. The number of nitrogens with zero attached hydrogens (tertiary/aromatic N) is 6. The number of aromatic nitrogens is 4. The highest BCUT2D eigenvalue weighted by molar-refractivity contribution is 5.76. The second kappa shape index (κ2) is 7.05. The zero-order valence-electron chi connectivity index (χ0n) is 15.5. The van der Waals surface area contributed by atoms with E-state index in [0.29, 0.717) is 19.0 Å². The van der Waals surface area contributed by atoms with Gasteiger partial charge in [-0.3, -0.25) is 4.98 Å². The monoisotopic (exact) mass is 375 g/mol. The fourth-order valence-corrected chi connectivity index (χ4v) is 3.70. The van der Waals surface area contributed by atoms with Gasteiger partial charge in [0.05, 0.1) is 30.8 Å². The van der Waals surface area contributed by atoms with E-state index in [1.54, 1.807) is 12.4 Å². The third-order valence-electron chi connectivity index (χ3n) is 5.13. The average Bonchev–Trinajstić information content (AvgIpc) is 3.19. The number of hydrogen-bond donors (Lipinski definition) is 1. The van der Waals surface area contributed by atoms with Crippen molar-refractivity contribution < 1.29 is 4.74 Å². The number of hydrogen-bond acceptors (Lipinski definition) is 8. The SMILES string of the molecule is Nc1ccc(-c2nc(N3CCOCC3)nc3c2CCN3c2cccnc2)cn1. The molecule has 0 aromatic carbocycles. The molecular weight excluding hydrogens is 354 g/mol. The molecule has 0 amide bonds. The van der Waals surface area contributed by atoms with E-state index in [-0.39, 0.29) is 0 Å². The van der Waals surface area contributed by atoms with Crippen LogP contribution in [0.15, 0.2) is 42.9 Å². The minimum absolute atomic E-state index is 0.500. The van der Waals surface area contributed by atoms with Gasteiger partial charge < -0.3 is 20.3 Å². The summed E-state index contributed by atoms with van der Waals surface area (Å²) in [7, 11) is 0. The molecule has 0 spiro atoms. The molecule has 0 saturated carbocycles. The van der Waals surface area contributed by atoms with E-state index in [4.69, 9.17) is 20.4 Å². The summed E-state index contributed by atoms with van der Waals surface area (Å²) in [5.74, 6) is 2.17. The third kappa shape index (κ3) is 3.01. The third-order valence-corrected chi connectivity index (χ3v) is 5.13. The number of morpholine rings is 1. The molecule has 3 aromatic heterocycles. The molecule has 142 valence electrons. The first-order valence-corrected chi connectivity index (χ1v) is 9.43. The van der Waals surface area contributed by atoms with E-state index < -0.39 is 0 Å². The lowest BCUT2D eigenvalue weighted by atomic mass is 10.1. The molecule has 1 fully saturated rings. The summed E-state index contributed by atoms with van der Waals surface area (Å²) in [5, 5.41) is 0. The summed E-state index contributed by atoms with van der Waals surface area (Å²) in [5.41, 5.74) is 9.83. The Labute approximate surface area is 163 Å². The molecular formula is C20H21N7O. The van der Waals surface area contributed by atoms with Crippen LogP contribution in [0.25, 0.3) is 11.3 Å². The predicted molar refractivity (Wildman–Crippen MR) is 108 cm³/mol. The summed E-state index contributed by atoms with van der Waals surface area (Å²) >= 11 is 0. The first-order chi connectivity index (χ1) is 13.8. The summed E-state index contributed by atoms with van der Waals surface area (Å²) in [6.45, 7) is 3.78. The Morgan fingerprint density at radius 2 is 1.89 bits per heavy atom. The molecule has 0 radical (unpaired) electrons. The van der Waals surface area contributed by atoms with Crippen LogP contribution in [0.4, 0.5) is 23.3 Å². The highest BCUT2D eigenvalue weighted by Crippen LogP contribution is 2.38. The number of anilines is 4. The molecule has 2 aliphatic heterocycles. The molecule has 5 rings (SSSR count). The van der Waals surface area contributed by atoms with Crippen LogP contribution in [-0.4, -0.2) is 52.8 Å². The fourth-order valence-electron chi connectivity index (χ4n) is 3.70. The van der Waals surface area contributed by atoms with Crippen molar-refractivity contribution in [3.05, 3.63) is 48.4 Å². The Hall–Kier alpha value is -3.26. The van der Waals surface area contributed by atoms with Crippen LogP contribution in [-0.2, 0) is 11.2 Å². The van der Waals surface area contributed by atoms with Crippen LogP contribution in [0.5, 0.6) is 0 Å². The van der Waals surface area contributed by atoms with Crippen LogP contribution >= 0.6 is 0 Å². The van der Waals surface area contributed by atoms with Crippen molar-refractivity contribution in [3.8, 4) is 11.3 Å². The van der Waals surface area contributed by atoms with Crippen molar-refractivity contribution in [2.75, 3.05) is 48.4 Å². The number of nitrogen functional groups attached to an aromatic ring is 1. The summed E-state index contributed by atoms with van der Waals surface area (Å²) < 4.78 is 5.49. The molecule has 2 aliphatic rings. The van der Waals surface area contributed by atoms with E-state index in [2.05, 4.69) is 25.8 Å². The number of ether oxygens (including phenoxy) is 1. The summed E-state index contributed by atoms with van der Waals surface area (Å²) in [6, 6.07) is 7.79. The minimum Gasteiger partial charge on any atom is -0.384 e. The fraction of sp³-hybridized carbons (Fsp3) is 0.300. The van der Waals surface area contributed by atoms with Crippen molar-refractivity contribution >= 4 is 23.3 Å². The van der Waals surface area contributed by atoms with Gasteiger partial charge in [0.25, 0.3) is 0 Å². The molecule has 1 saturated heterocycles. The van der Waals surface area contributed by atoms with E-state index in [9.17, 15) is 0 Å². The Morgan fingerprint density at radius 3 is 2.64 bits per heavy atom. The summed E-state index contributed by atoms with van der Waals surface area (Å²) in [6.07, 6.45) is 6.31. The quantitative estimate of drug-likeness (QED) is 0.743. The smallest absolute Gasteiger partial charge is 0.228 e. The predicted octanol–water partition coefficient (Wildman–Crippen LogP) is 2.05. The number of fused-ring (bicyclic) bond motifs is 1. The maximum Gasteiger partial charge on any atom is 0.228 e. The van der Waals surface area contributed by atoms with Gasteiger partial charge in [-0.1, -0.05) is 0 Å². The van der Waals surface area contributed by atoms with Crippen LogP contribution in [0.2, 0.25) is 0 Å².